The van der Waals surface area contributed by atoms with E-state index in [-0.39, 0.29) is 5.54 Å². The van der Waals surface area contributed by atoms with Crippen molar-refractivity contribution in [3.05, 3.63) is 46.5 Å². The molecule has 0 atom stereocenters. The normalized spacial score (nSPS) is 17.1. The molecule has 0 bridgehead atoms. The number of benzene rings is 1. The van der Waals surface area contributed by atoms with Crippen LogP contribution in [0.5, 0.6) is 0 Å². The van der Waals surface area contributed by atoms with Gasteiger partial charge in [-0.3, -0.25) is 0 Å². The van der Waals surface area contributed by atoms with E-state index in [9.17, 15) is 0 Å². The summed E-state index contributed by atoms with van der Waals surface area (Å²) in [6, 6.07) is 6.34. The molecule has 2 aromatic rings. The summed E-state index contributed by atoms with van der Waals surface area (Å²) < 4.78 is 3.12. The standard InChI is InChI=1S/C13H14BrN3/c1-9-16-6-7-17(9)12-3-2-10(8-11(12)14)13(15)4-5-13/h2-3,6-8H,4-5,15H2,1H3. The van der Waals surface area contributed by atoms with E-state index in [1.807, 2.05) is 13.1 Å². The van der Waals surface area contributed by atoms with Crippen molar-refractivity contribution < 1.29 is 0 Å². The third-order valence-electron chi connectivity index (χ3n) is 3.40. The Kier molecular flexibility index (Phi) is 2.38. The van der Waals surface area contributed by atoms with Gasteiger partial charge in [0.15, 0.2) is 0 Å². The van der Waals surface area contributed by atoms with Crippen LogP contribution in [0.2, 0.25) is 0 Å². The van der Waals surface area contributed by atoms with Gasteiger partial charge < -0.3 is 10.3 Å². The van der Waals surface area contributed by atoms with Gasteiger partial charge in [-0.05, 0) is 53.4 Å². The van der Waals surface area contributed by atoms with Gasteiger partial charge in [0.05, 0.1) is 5.69 Å². The van der Waals surface area contributed by atoms with Crippen molar-refractivity contribution in [1.29, 1.82) is 0 Å². The van der Waals surface area contributed by atoms with Crippen LogP contribution in [0.1, 0.15) is 24.2 Å². The summed E-state index contributed by atoms with van der Waals surface area (Å²) in [4.78, 5) is 4.24. The minimum atomic E-state index is -0.0783. The highest BCUT2D eigenvalue weighted by molar-refractivity contribution is 9.10. The van der Waals surface area contributed by atoms with Crippen LogP contribution < -0.4 is 5.73 Å². The van der Waals surface area contributed by atoms with Crippen molar-refractivity contribution >= 4 is 15.9 Å². The molecule has 0 amide bonds. The van der Waals surface area contributed by atoms with Gasteiger partial charge in [-0.1, -0.05) is 6.07 Å². The molecule has 1 heterocycles. The number of aryl methyl sites for hydroxylation is 1. The van der Waals surface area contributed by atoms with E-state index in [2.05, 4.69) is 43.7 Å². The number of aromatic nitrogens is 2. The molecule has 0 aliphatic heterocycles. The Labute approximate surface area is 109 Å². The second-order valence-electron chi connectivity index (χ2n) is 4.67. The first-order valence-corrected chi connectivity index (χ1v) is 6.49. The lowest BCUT2D eigenvalue weighted by molar-refractivity contribution is 0.738. The largest absolute Gasteiger partial charge is 0.321 e. The number of nitrogens with zero attached hydrogens (tertiary/aromatic N) is 2. The van der Waals surface area contributed by atoms with E-state index >= 15 is 0 Å². The second kappa shape index (κ2) is 3.68. The van der Waals surface area contributed by atoms with Gasteiger partial charge in [0.2, 0.25) is 0 Å². The Bertz CT molecular complexity index is 570. The molecule has 1 aliphatic carbocycles. The third-order valence-corrected chi connectivity index (χ3v) is 4.03. The van der Waals surface area contributed by atoms with Gasteiger partial charge in [0.1, 0.15) is 5.82 Å². The quantitative estimate of drug-likeness (QED) is 0.925. The lowest BCUT2D eigenvalue weighted by Gasteiger charge is -2.13. The Balaban J connectivity index is 2.06. The van der Waals surface area contributed by atoms with Crippen LogP contribution in [-0.2, 0) is 5.54 Å². The maximum atomic E-state index is 6.20. The van der Waals surface area contributed by atoms with Crippen LogP contribution >= 0.6 is 15.9 Å². The van der Waals surface area contributed by atoms with Gasteiger partial charge in [-0.25, -0.2) is 4.98 Å². The SMILES string of the molecule is Cc1nccn1-c1ccc(C2(N)CC2)cc1Br. The molecule has 4 heteroatoms. The maximum Gasteiger partial charge on any atom is 0.110 e. The zero-order valence-electron chi connectivity index (χ0n) is 9.65. The molecule has 0 unspecified atom stereocenters. The molecule has 1 aliphatic rings. The zero-order valence-corrected chi connectivity index (χ0v) is 11.2. The van der Waals surface area contributed by atoms with E-state index < -0.39 is 0 Å². The number of imidazole rings is 1. The number of nitrogens with two attached hydrogens (primary N) is 1. The average Bonchev–Trinajstić information content (AvgIpc) is 2.91. The van der Waals surface area contributed by atoms with Crippen molar-refractivity contribution in [1.82, 2.24) is 9.55 Å². The molecule has 88 valence electrons. The highest BCUT2D eigenvalue weighted by Gasteiger charge is 2.40. The smallest absolute Gasteiger partial charge is 0.110 e. The predicted molar refractivity (Wildman–Crippen MR) is 71.1 cm³/mol. The van der Waals surface area contributed by atoms with Crippen LogP contribution in [0.15, 0.2) is 35.1 Å². The first kappa shape index (κ1) is 11.0. The molecule has 1 aromatic carbocycles. The number of halogens is 1. The highest BCUT2D eigenvalue weighted by atomic mass is 79.9. The zero-order chi connectivity index (χ0) is 12.0. The molecule has 0 spiro atoms. The Morgan fingerprint density at radius 3 is 2.71 bits per heavy atom. The van der Waals surface area contributed by atoms with Crippen LogP contribution in [0.3, 0.4) is 0 Å². The topological polar surface area (TPSA) is 43.8 Å². The van der Waals surface area contributed by atoms with Crippen molar-refractivity contribution in [3.8, 4) is 5.69 Å². The number of hydrogen-bond donors (Lipinski definition) is 1. The fourth-order valence-electron chi connectivity index (χ4n) is 2.07. The fraction of sp³-hybridized carbons (Fsp3) is 0.308. The lowest BCUT2D eigenvalue weighted by atomic mass is 10.1. The molecule has 0 saturated heterocycles. The molecule has 17 heavy (non-hydrogen) atoms. The van der Waals surface area contributed by atoms with Crippen molar-refractivity contribution in [3.63, 3.8) is 0 Å². The van der Waals surface area contributed by atoms with E-state index in [1.165, 1.54) is 5.56 Å². The van der Waals surface area contributed by atoms with Gasteiger partial charge in [0, 0.05) is 22.4 Å². The molecular formula is C13H14BrN3. The first-order valence-electron chi connectivity index (χ1n) is 5.69. The summed E-state index contributed by atoms with van der Waals surface area (Å²) in [6.07, 6.45) is 5.94. The second-order valence-corrected chi connectivity index (χ2v) is 5.52. The van der Waals surface area contributed by atoms with Crippen LogP contribution in [0, 0.1) is 6.92 Å². The summed E-state index contributed by atoms with van der Waals surface area (Å²) in [5, 5.41) is 0. The van der Waals surface area contributed by atoms with Crippen LogP contribution in [-0.4, -0.2) is 9.55 Å². The minimum absolute atomic E-state index is 0.0783. The summed E-state index contributed by atoms with van der Waals surface area (Å²) in [6.45, 7) is 1.99. The Morgan fingerprint density at radius 2 is 2.18 bits per heavy atom. The van der Waals surface area contributed by atoms with Gasteiger partial charge in [-0.15, -0.1) is 0 Å². The lowest BCUT2D eigenvalue weighted by Crippen LogP contribution is -2.18. The van der Waals surface area contributed by atoms with Crippen molar-refractivity contribution in [2.75, 3.05) is 0 Å². The first-order chi connectivity index (χ1) is 8.10. The minimum Gasteiger partial charge on any atom is -0.321 e. The van der Waals surface area contributed by atoms with Crippen LogP contribution in [0.4, 0.5) is 0 Å². The van der Waals surface area contributed by atoms with Crippen molar-refractivity contribution in [2.45, 2.75) is 25.3 Å². The summed E-state index contributed by atoms with van der Waals surface area (Å²) in [5.74, 6) is 0.979. The summed E-state index contributed by atoms with van der Waals surface area (Å²) in [5.41, 5.74) is 8.44. The third kappa shape index (κ3) is 1.81. The highest BCUT2D eigenvalue weighted by Crippen LogP contribution is 2.43. The predicted octanol–water partition coefficient (Wildman–Crippen LogP) is 2.89. The monoisotopic (exact) mass is 291 g/mol. The van der Waals surface area contributed by atoms with Gasteiger partial charge in [0.25, 0.3) is 0 Å². The molecule has 2 N–H and O–H groups in total. The number of hydrogen-bond acceptors (Lipinski definition) is 2. The molecule has 1 saturated carbocycles. The van der Waals surface area contributed by atoms with Crippen LogP contribution in [0.25, 0.3) is 5.69 Å². The van der Waals surface area contributed by atoms with Gasteiger partial charge >= 0.3 is 0 Å². The van der Waals surface area contributed by atoms with Crippen molar-refractivity contribution in [2.24, 2.45) is 5.73 Å². The average molecular weight is 292 g/mol. The molecule has 1 aromatic heterocycles. The molecular weight excluding hydrogens is 278 g/mol. The maximum absolute atomic E-state index is 6.20. The van der Waals surface area contributed by atoms with E-state index in [0.717, 1.165) is 28.8 Å². The van der Waals surface area contributed by atoms with E-state index in [0.29, 0.717) is 0 Å². The summed E-state index contributed by atoms with van der Waals surface area (Å²) >= 11 is 3.62. The molecule has 0 radical (unpaired) electrons. The fourth-order valence-corrected chi connectivity index (χ4v) is 2.64. The summed E-state index contributed by atoms with van der Waals surface area (Å²) in [7, 11) is 0. The Hall–Kier alpha value is -1.13. The van der Waals surface area contributed by atoms with Gasteiger partial charge in [-0.2, -0.15) is 0 Å². The Morgan fingerprint density at radius 1 is 1.41 bits per heavy atom. The molecule has 3 rings (SSSR count). The van der Waals surface area contributed by atoms with E-state index in [4.69, 9.17) is 5.73 Å². The molecule has 3 nitrogen and oxygen atoms in total. The number of rotatable bonds is 2. The van der Waals surface area contributed by atoms with E-state index in [1.54, 1.807) is 6.20 Å². The molecule has 1 fully saturated rings.